The first-order chi connectivity index (χ1) is 8.85. The smallest absolute Gasteiger partial charge is 0.132 e. The molecule has 100 valence electrons. The van der Waals surface area contributed by atoms with E-state index < -0.39 is 0 Å². The quantitative estimate of drug-likeness (QED) is 0.836. The van der Waals surface area contributed by atoms with Gasteiger partial charge in [0.05, 0.1) is 0 Å². The topological polar surface area (TPSA) is 41.0 Å². The molecule has 0 amide bonds. The molecule has 2 rings (SSSR count). The summed E-state index contributed by atoms with van der Waals surface area (Å²) in [6.45, 7) is 7.69. The summed E-state index contributed by atoms with van der Waals surface area (Å²) in [6, 6.07) is 2.76. The summed E-state index contributed by atoms with van der Waals surface area (Å²) in [5.41, 5.74) is 1.16. The minimum Gasteiger partial charge on any atom is -0.352 e. The van der Waals surface area contributed by atoms with Gasteiger partial charge in [-0.1, -0.05) is 20.3 Å². The molecule has 4 heteroatoms. The number of anilines is 1. The van der Waals surface area contributed by atoms with Crippen LogP contribution < -0.4 is 10.2 Å². The molecule has 1 aliphatic heterocycles. The Morgan fingerprint density at radius 3 is 2.89 bits per heavy atom. The normalized spacial score (nSPS) is 19.1. The van der Waals surface area contributed by atoms with E-state index in [0.717, 1.165) is 50.4 Å². The first kappa shape index (κ1) is 13.3. The zero-order chi connectivity index (χ0) is 12.8. The van der Waals surface area contributed by atoms with Crippen molar-refractivity contribution in [1.29, 1.82) is 0 Å². The van der Waals surface area contributed by atoms with Crippen molar-refractivity contribution in [2.75, 3.05) is 24.5 Å². The fraction of sp³-hybridized carbons (Fsp3) is 0.714. The Bertz CT molecular complexity index is 361. The van der Waals surface area contributed by atoms with E-state index in [9.17, 15) is 0 Å². The highest BCUT2D eigenvalue weighted by molar-refractivity contribution is 5.40. The van der Waals surface area contributed by atoms with Crippen LogP contribution in [0.2, 0.25) is 0 Å². The van der Waals surface area contributed by atoms with Crippen molar-refractivity contribution in [2.45, 2.75) is 45.6 Å². The molecule has 1 fully saturated rings. The third-order valence-electron chi connectivity index (χ3n) is 3.45. The lowest BCUT2D eigenvalue weighted by Crippen LogP contribution is -2.38. The Labute approximate surface area is 110 Å². The highest BCUT2D eigenvalue weighted by atomic mass is 15.2. The van der Waals surface area contributed by atoms with Crippen molar-refractivity contribution >= 4 is 5.82 Å². The first-order valence-corrected chi connectivity index (χ1v) is 7.13. The predicted octanol–water partition coefficient (Wildman–Crippen LogP) is 2.01. The van der Waals surface area contributed by atoms with Crippen LogP contribution in [0.5, 0.6) is 0 Å². The molecule has 0 spiro atoms. The molecule has 1 aliphatic rings. The minimum atomic E-state index is 0.592. The maximum absolute atomic E-state index is 4.47. The average Bonchev–Trinajstić information content (AvgIpc) is 2.90. The molecule has 1 aromatic rings. The molecule has 1 N–H and O–H groups in total. The number of rotatable bonds is 6. The number of nitrogens with zero attached hydrogens (tertiary/aromatic N) is 3. The Balaban J connectivity index is 2.15. The molecule has 1 atom stereocenters. The Morgan fingerprint density at radius 1 is 1.33 bits per heavy atom. The second-order valence-electron chi connectivity index (χ2n) is 4.96. The minimum absolute atomic E-state index is 0.592. The van der Waals surface area contributed by atoms with Gasteiger partial charge in [-0.15, -0.1) is 0 Å². The maximum atomic E-state index is 4.47. The van der Waals surface area contributed by atoms with Gasteiger partial charge in [0, 0.05) is 30.9 Å². The Kier molecular flexibility index (Phi) is 4.93. The van der Waals surface area contributed by atoms with Crippen molar-refractivity contribution in [1.82, 2.24) is 15.3 Å². The lowest BCUT2D eigenvalue weighted by molar-refractivity contribution is 0.616. The van der Waals surface area contributed by atoms with Gasteiger partial charge in [0.2, 0.25) is 0 Å². The van der Waals surface area contributed by atoms with Gasteiger partial charge in [0.25, 0.3) is 0 Å². The van der Waals surface area contributed by atoms with Crippen LogP contribution in [0.4, 0.5) is 5.82 Å². The van der Waals surface area contributed by atoms with E-state index in [1.54, 1.807) is 6.33 Å². The molecular formula is C14H24N4. The molecule has 0 bridgehead atoms. The van der Waals surface area contributed by atoms with E-state index in [-0.39, 0.29) is 0 Å². The van der Waals surface area contributed by atoms with Crippen LogP contribution in [0.3, 0.4) is 0 Å². The summed E-state index contributed by atoms with van der Waals surface area (Å²) in [6.07, 6.45) is 6.26. The van der Waals surface area contributed by atoms with Gasteiger partial charge >= 0.3 is 0 Å². The molecule has 18 heavy (non-hydrogen) atoms. The molecular weight excluding hydrogens is 224 g/mol. The largest absolute Gasteiger partial charge is 0.352 e. The Morgan fingerprint density at radius 2 is 2.22 bits per heavy atom. The molecule has 0 aromatic carbocycles. The van der Waals surface area contributed by atoms with Gasteiger partial charge in [0.15, 0.2) is 0 Å². The van der Waals surface area contributed by atoms with Crippen LogP contribution in [0.1, 0.15) is 38.8 Å². The van der Waals surface area contributed by atoms with Crippen LogP contribution in [0, 0.1) is 0 Å². The van der Waals surface area contributed by atoms with E-state index in [1.807, 2.05) is 0 Å². The molecule has 0 radical (unpaired) electrons. The standard InChI is InChI=1S/C14H24N4/c1-3-5-12-9-14(17-11-16-12)18(8-4-2)13-6-7-15-10-13/h9,11,13,15H,3-8,10H2,1-2H3. The fourth-order valence-corrected chi connectivity index (χ4v) is 2.57. The molecule has 1 saturated heterocycles. The van der Waals surface area contributed by atoms with Crippen molar-refractivity contribution in [2.24, 2.45) is 0 Å². The van der Waals surface area contributed by atoms with Gasteiger partial charge in [-0.2, -0.15) is 0 Å². The third-order valence-corrected chi connectivity index (χ3v) is 3.45. The van der Waals surface area contributed by atoms with Gasteiger partial charge in [-0.25, -0.2) is 9.97 Å². The second kappa shape index (κ2) is 6.69. The van der Waals surface area contributed by atoms with Crippen molar-refractivity contribution in [3.05, 3.63) is 18.1 Å². The molecule has 1 aromatic heterocycles. The monoisotopic (exact) mass is 248 g/mol. The summed E-state index contributed by atoms with van der Waals surface area (Å²) in [5, 5.41) is 3.44. The first-order valence-electron chi connectivity index (χ1n) is 7.13. The SMILES string of the molecule is CCCc1cc(N(CCC)C2CCNC2)ncn1. The van der Waals surface area contributed by atoms with Crippen molar-refractivity contribution in [3.63, 3.8) is 0 Å². The van der Waals surface area contributed by atoms with E-state index in [2.05, 4.69) is 40.1 Å². The average molecular weight is 248 g/mol. The van der Waals surface area contributed by atoms with Crippen molar-refractivity contribution < 1.29 is 0 Å². The van der Waals surface area contributed by atoms with E-state index in [4.69, 9.17) is 0 Å². The Hall–Kier alpha value is -1.16. The number of aromatic nitrogens is 2. The van der Waals surface area contributed by atoms with E-state index in [1.165, 1.54) is 6.42 Å². The number of hydrogen-bond acceptors (Lipinski definition) is 4. The van der Waals surface area contributed by atoms with Crippen LogP contribution in [-0.4, -0.2) is 35.6 Å². The van der Waals surface area contributed by atoms with Gasteiger partial charge in [-0.05, 0) is 25.8 Å². The zero-order valence-electron chi connectivity index (χ0n) is 11.5. The van der Waals surface area contributed by atoms with Crippen molar-refractivity contribution in [3.8, 4) is 0 Å². The van der Waals surface area contributed by atoms with Crippen LogP contribution in [0.15, 0.2) is 12.4 Å². The number of nitrogens with one attached hydrogen (secondary N) is 1. The lowest BCUT2D eigenvalue weighted by atomic mass is 10.2. The predicted molar refractivity (Wildman–Crippen MR) is 74.9 cm³/mol. The van der Waals surface area contributed by atoms with Gasteiger partial charge in [0.1, 0.15) is 12.1 Å². The number of aryl methyl sites for hydroxylation is 1. The molecule has 4 nitrogen and oxygen atoms in total. The van der Waals surface area contributed by atoms with Crippen LogP contribution in [0.25, 0.3) is 0 Å². The summed E-state index contributed by atoms with van der Waals surface area (Å²) in [5.74, 6) is 1.10. The van der Waals surface area contributed by atoms with Gasteiger partial charge < -0.3 is 10.2 Å². The maximum Gasteiger partial charge on any atom is 0.132 e. The van der Waals surface area contributed by atoms with Crippen LogP contribution >= 0.6 is 0 Å². The second-order valence-corrected chi connectivity index (χ2v) is 4.96. The molecule has 0 saturated carbocycles. The van der Waals surface area contributed by atoms with Gasteiger partial charge in [-0.3, -0.25) is 0 Å². The summed E-state index contributed by atoms with van der Waals surface area (Å²) in [4.78, 5) is 11.3. The van der Waals surface area contributed by atoms with E-state index >= 15 is 0 Å². The highest BCUT2D eigenvalue weighted by Crippen LogP contribution is 2.19. The highest BCUT2D eigenvalue weighted by Gasteiger charge is 2.22. The summed E-state index contributed by atoms with van der Waals surface area (Å²) in [7, 11) is 0. The fourth-order valence-electron chi connectivity index (χ4n) is 2.57. The van der Waals surface area contributed by atoms with Crippen LogP contribution in [-0.2, 0) is 6.42 Å². The van der Waals surface area contributed by atoms with E-state index in [0.29, 0.717) is 6.04 Å². The summed E-state index contributed by atoms with van der Waals surface area (Å²) < 4.78 is 0. The third kappa shape index (κ3) is 3.19. The summed E-state index contributed by atoms with van der Waals surface area (Å²) >= 11 is 0. The molecule has 0 aliphatic carbocycles. The lowest BCUT2D eigenvalue weighted by Gasteiger charge is -2.29. The molecule has 2 heterocycles. The molecule has 1 unspecified atom stereocenters. The zero-order valence-corrected chi connectivity index (χ0v) is 11.5. The number of hydrogen-bond donors (Lipinski definition) is 1.